The summed E-state index contributed by atoms with van der Waals surface area (Å²) >= 11 is 0. The number of rotatable bonds is 5. The highest BCUT2D eigenvalue weighted by molar-refractivity contribution is 5.70. The van der Waals surface area contributed by atoms with E-state index in [-0.39, 0.29) is 23.7 Å². The second-order valence-electron chi connectivity index (χ2n) is 9.05. The predicted molar refractivity (Wildman–Crippen MR) is 87.1 cm³/mol. The Morgan fingerprint density at radius 2 is 1.82 bits per heavy atom. The first-order valence-electron chi connectivity index (χ1n) is 8.63. The molecule has 5 unspecified atom stereocenters. The molecule has 2 fully saturated rings. The highest BCUT2D eigenvalue weighted by Gasteiger charge is 2.52. The van der Waals surface area contributed by atoms with Crippen LogP contribution >= 0.6 is 0 Å². The molecule has 2 saturated carbocycles. The van der Waals surface area contributed by atoms with Crippen LogP contribution in [0.15, 0.2) is 0 Å². The molecule has 0 amide bonds. The van der Waals surface area contributed by atoms with Gasteiger partial charge in [-0.05, 0) is 75.7 Å². The molecular formula is C18H33NO3. The Labute approximate surface area is 134 Å². The minimum atomic E-state index is -0.563. The molecule has 0 heterocycles. The van der Waals surface area contributed by atoms with Gasteiger partial charge in [0.2, 0.25) is 0 Å². The van der Waals surface area contributed by atoms with Crippen molar-refractivity contribution in [2.45, 2.75) is 72.0 Å². The van der Waals surface area contributed by atoms with Gasteiger partial charge in [0.1, 0.15) is 5.60 Å². The molecule has 4 heteroatoms. The zero-order chi connectivity index (χ0) is 16.7. The van der Waals surface area contributed by atoms with Crippen molar-refractivity contribution >= 4 is 5.97 Å². The summed E-state index contributed by atoms with van der Waals surface area (Å²) < 4.78 is 5.33. The van der Waals surface area contributed by atoms with E-state index in [9.17, 15) is 9.90 Å². The van der Waals surface area contributed by atoms with Crippen LogP contribution in [0, 0.1) is 29.1 Å². The number of hydrogen-bond donors (Lipinski definition) is 2. The van der Waals surface area contributed by atoms with Crippen LogP contribution in [0.5, 0.6) is 0 Å². The van der Waals surface area contributed by atoms with E-state index in [1.54, 1.807) is 0 Å². The van der Waals surface area contributed by atoms with Crippen LogP contribution in [0.1, 0.15) is 60.3 Å². The van der Waals surface area contributed by atoms with E-state index in [0.29, 0.717) is 24.3 Å². The predicted octanol–water partition coefficient (Wildman–Crippen LogP) is 2.73. The minimum absolute atomic E-state index is 0.121. The fraction of sp³-hybridized carbons (Fsp3) is 0.944. The molecule has 0 aliphatic heterocycles. The molecule has 2 aliphatic rings. The van der Waals surface area contributed by atoms with Gasteiger partial charge in [-0.3, -0.25) is 4.79 Å². The van der Waals surface area contributed by atoms with Gasteiger partial charge in [-0.15, -0.1) is 0 Å². The monoisotopic (exact) mass is 311 g/mol. The van der Waals surface area contributed by atoms with Gasteiger partial charge < -0.3 is 15.6 Å². The quantitative estimate of drug-likeness (QED) is 0.766. The highest BCUT2D eigenvalue weighted by atomic mass is 16.6. The first kappa shape index (κ1) is 17.7. The standard InChI is InChI=1S/C18H33NO3/c1-17(2,3)22-16(21)9-15(20)13-7-12-6-11(13)8-14(12)18(4,5)10-19/h11-15,20H,6-10,19H2,1-5H3. The molecule has 4 nitrogen and oxygen atoms in total. The normalized spacial score (nSPS) is 33.0. The largest absolute Gasteiger partial charge is 0.460 e. The molecule has 0 spiro atoms. The summed E-state index contributed by atoms with van der Waals surface area (Å²) in [6.07, 6.45) is 2.92. The minimum Gasteiger partial charge on any atom is -0.460 e. The number of ether oxygens (including phenoxy) is 1. The van der Waals surface area contributed by atoms with Crippen LogP contribution in [0.4, 0.5) is 0 Å². The fourth-order valence-electron chi connectivity index (χ4n) is 4.61. The fourth-order valence-corrected chi connectivity index (χ4v) is 4.61. The Bertz CT molecular complexity index is 413. The van der Waals surface area contributed by atoms with E-state index in [2.05, 4.69) is 13.8 Å². The lowest BCUT2D eigenvalue weighted by Crippen LogP contribution is -2.39. The first-order valence-corrected chi connectivity index (χ1v) is 8.63. The maximum Gasteiger partial charge on any atom is 0.308 e. The number of esters is 1. The Morgan fingerprint density at radius 1 is 1.18 bits per heavy atom. The van der Waals surface area contributed by atoms with E-state index >= 15 is 0 Å². The van der Waals surface area contributed by atoms with Crippen molar-refractivity contribution in [1.82, 2.24) is 0 Å². The van der Waals surface area contributed by atoms with Crippen molar-refractivity contribution in [3.63, 3.8) is 0 Å². The van der Waals surface area contributed by atoms with E-state index in [0.717, 1.165) is 12.8 Å². The average Bonchev–Trinajstić information content (AvgIpc) is 2.96. The van der Waals surface area contributed by atoms with Crippen molar-refractivity contribution in [1.29, 1.82) is 0 Å². The Balaban J connectivity index is 1.89. The van der Waals surface area contributed by atoms with Crippen LogP contribution < -0.4 is 5.73 Å². The topological polar surface area (TPSA) is 72.5 Å². The number of aliphatic hydroxyl groups is 1. The molecule has 0 radical (unpaired) electrons. The van der Waals surface area contributed by atoms with Gasteiger partial charge >= 0.3 is 5.97 Å². The van der Waals surface area contributed by atoms with Crippen LogP contribution in [0.3, 0.4) is 0 Å². The molecule has 2 rings (SSSR count). The van der Waals surface area contributed by atoms with Crippen molar-refractivity contribution in [2.75, 3.05) is 6.54 Å². The van der Waals surface area contributed by atoms with E-state index in [1.165, 1.54) is 6.42 Å². The molecule has 0 aromatic carbocycles. The third-order valence-corrected chi connectivity index (χ3v) is 5.73. The molecule has 2 aliphatic carbocycles. The number of nitrogens with two attached hydrogens (primary N) is 1. The SMILES string of the molecule is CC(C)(C)OC(=O)CC(O)C1CC2CC1CC2C(C)(C)CN. The summed E-state index contributed by atoms with van der Waals surface area (Å²) in [6.45, 7) is 10.8. The third-order valence-electron chi connectivity index (χ3n) is 5.73. The molecule has 128 valence electrons. The van der Waals surface area contributed by atoms with Crippen LogP contribution in [-0.2, 0) is 9.53 Å². The zero-order valence-electron chi connectivity index (χ0n) is 14.8. The summed E-state index contributed by atoms with van der Waals surface area (Å²) in [6, 6.07) is 0. The molecule has 3 N–H and O–H groups in total. The summed E-state index contributed by atoms with van der Waals surface area (Å²) in [5.74, 6) is 1.82. The molecule has 22 heavy (non-hydrogen) atoms. The maximum absolute atomic E-state index is 11.9. The van der Waals surface area contributed by atoms with Gasteiger partial charge in [-0.2, -0.15) is 0 Å². The molecule has 0 aromatic heterocycles. The molecule has 0 saturated heterocycles. The lowest BCUT2D eigenvalue weighted by molar-refractivity contribution is -0.158. The summed E-state index contributed by atoms with van der Waals surface area (Å²) in [5.41, 5.74) is 5.62. The van der Waals surface area contributed by atoms with Crippen molar-refractivity contribution in [3.8, 4) is 0 Å². The summed E-state index contributed by atoms with van der Waals surface area (Å²) in [5, 5.41) is 10.5. The van der Waals surface area contributed by atoms with Crippen molar-refractivity contribution in [2.24, 2.45) is 34.8 Å². The molecule has 2 bridgehead atoms. The Kier molecular flexibility index (Phi) is 4.94. The van der Waals surface area contributed by atoms with Crippen molar-refractivity contribution < 1.29 is 14.6 Å². The highest BCUT2D eigenvalue weighted by Crippen LogP contribution is 2.57. The lowest BCUT2D eigenvalue weighted by Gasteiger charge is -2.39. The van der Waals surface area contributed by atoms with Gasteiger partial charge in [0.05, 0.1) is 12.5 Å². The third kappa shape index (κ3) is 3.83. The van der Waals surface area contributed by atoms with Gasteiger partial charge in [-0.1, -0.05) is 13.8 Å². The average molecular weight is 311 g/mol. The van der Waals surface area contributed by atoms with Gasteiger partial charge in [-0.25, -0.2) is 0 Å². The smallest absolute Gasteiger partial charge is 0.308 e. The summed E-state index contributed by atoms with van der Waals surface area (Å²) in [7, 11) is 0. The second-order valence-corrected chi connectivity index (χ2v) is 9.05. The zero-order valence-corrected chi connectivity index (χ0v) is 14.8. The van der Waals surface area contributed by atoms with E-state index in [4.69, 9.17) is 10.5 Å². The lowest BCUT2D eigenvalue weighted by atomic mass is 9.67. The van der Waals surface area contributed by atoms with Crippen LogP contribution in [0.2, 0.25) is 0 Å². The molecular weight excluding hydrogens is 278 g/mol. The molecule has 0 aromatic rings. The first-order chi connectivity index (χ1) is 10.0. The van der Waals surface area contributed by atoms with Crippen LogP contribution in [0.25, 0.3) is 0 Å². The number of carbonyl (C=O) groups is 1. The number of fused-ring (bicyclic) bond motifs is 2. The van der Waals surface area contributed by atoms with Gasteiger partial charge in [0.15, 0.2) is 0 Å². The van der Waals surface area contributed by atoms with Gasteiger partial charge in [0.25, 0.3) is 0 Å². The number of aliphatic hydroxyl groups excluding tert-OH is 1. The van der Waals surface area contributed by atoms with E-state index in [1.807, 2.05) is 20.8 Å². The maximum atomic E-state index is 11.9. The Morgan fingerprint density at radius 3 is 2.27 bits per heavy atom. The van der Waals surface area contributed by atoms with Crippen molar-refractivity contribution in [3.05, 3.63) is 0 Å². The van der Waals surface area contributed by atoms with Crippen LogP contribution in [-0.4, -0.2) is 29.3 Å². The summed E-state index contributed by atoms with van der Waals surface area (Å²) in [4.78, 5) is 11.9. The Hall–Kier alpha value is -0.610. The second kappa shape index (κ2) is 6.12. The number of hydrogen-bond acceptors (Lipinski definition) is 4. The van der Waals surface area contributed by atoms with Gasteiger partial charge in [0, 0.05) is 0 Å². The van der Waals surface area contributed by atoms with E-state index < -0.39 is 11.7 Å². The number of carbonyl (C=O) groups excluding carboxylic acids is 1. The molecule has 5 atom stereocenters.